The molecule has 0 fully saturated rings. The molecule has 1 aromatic carbocycles. The molecule has 7 heteroatoms. The number of halogens is 2. The smallest absolute Gasteiger partial charge is 0.261 e. The Labute approximate surface area is 122 Å². The van der Waals surface area contributed by atoms with Crippen LogP contribution in [-0.2, 0) is 9.05 Å². The Morgan fingerprint density at radius 1 is 1.30 bits per heavy atom. The molecule has 20 heavy (non-hydrogen) atoms. The summed E-state index contributed by atoms with van der Waals surface area (Å²) >= 11 is 0. The van der Waals surface area contributed by atoms with Gasteiger partial charge in [-0.3, -0.25) is 4.79 Å². The predicted octanol–water partition coefficient (Wildman–Crippen LogP) is 2.92. The maximum Gasteiger partial charge on any atom is 0.261 e. The average Bonchev–Trinajstić information content (AvgIpc) is 2.25. The summed E-state index contributed by atoms with van der Waals surface area (Å²) in [6.45, 7) is 7.64. The zero-order valence-electron chi connectivity index (χ0n) is 11.7. The van der Waals surface area contributed by atoms with Gasteiger partial charge in [0.2, 0.25) is 0 Å². The van der Waals surface area contributed by atoms with Crippen LogP contribution in [0.2, 0.25) is 0 Å². The first-order valence-electron chi connectivity index (χ1n) is 5.97. The highest BCUT2D eigenvalue weighted by molar-refractivity contribution is 8.13. The summed E-state index contributed by atoms with van der Waals surface area (Å²) in [5.74, 6) is -1.38. The number of amides is 1. The highest BCUT2D eigenvalue weighted by Crippen LogP contribution is 2.21. The lowest BCUT2D eigenvalue weighted by atomic mass is 9.88. The van der Waals surface area contributed by atoms with Crippen molar-refractivity contribution in [2.75, 3.05) is 0 Å². The Kier molecular flexibility index (Phi) is 4.82. The zero-order chi connectivity index (χ0) is 15.7. The van der Waals surface area contributed by atoms with Gasteiger partial charge in [-0.1, -0.05) is 20.8 Å². The van der Waals surface area contributed by atoms with Gasteiger partial charge in [0, 0.05) is 22.3 Å². The number of benzene rings is 1. The third kappa shape index (κ3) is 4.45. The van der Waals surface area contributed by atoms with Crippen LogP contribution < -0.4 is 5.32 Å². The number of carbonyl (C=O) groups excluding carboxylic acids is 1. The molecule has 1 N–H and O–H groups in total. The molecule has 1 unspecified atom stereocenters. The Hall–Kier alpha value is -1.14. The lowest BCUT2D eigenvalue weighted by Gasteiger charge is -2.28. The van der Waals surface area contributed by atoms with Crippen LogP contribution in [0.15, 0.2) is 23.1 Å². The van der Waals surface area contributed by atoms with E-state index in [1.165, 1.54) is 0 Å². The second-order valence-electron chi connectivity index (χ2n) is 5.67. The van der Waals surface area contributed by atoms with Crippen molar-refractivity contribution in [3.05, 3.63) is 29.6 Å². The van der Waals surface area contributed by atoms with Crippen LogP contribution in [0.5, 0.6) is 0 Å². The predicted molar refractivity (Wildman–Crippen MR) is 75.8 cm³/mol. The zero-order valence-corrected chi connectivity index (χ0v) is 13.3. The fourth-order valence-electron chi connectivity index (χ4n) is 1.33. The van der Waals surface area contributed by atoms with Crippen molar-refractivity contribution < 1.29 is 17.6 Å². The molecule has 0 aromatic heterocycles. The van der Waals surface area contributed by atoms with Crippen LogP contribution in [0.1, 0.15) is 38.1 Å². The number of hydrogen-bond acceptors (Lipinski definition) is 3. The first-order valence-corrected chi connectivity index (χ1v) is 8.28. The summed E-state index contributed by atoms with van der Waals surface area (Å²) in [7, 11) is 1.07. The average molecular weight is 322 g/mol. The largest absolute Gasteiger partial charge is 0.349 e. The van der Waals surface area contributed by atoms with Crippen LogP contribution in [0.25, 0.3) is 0 Å². The van der Waals surface area contributed by atoms with E-state index in [0.717, 1.165) is 18.2 Å². The topological polar surface area (TPSA) is 63.2 Å². The van der Waals surface area contributed by atoms with E-state index >= 15 is 0 Å². The molecule has 1 aromatic rings. The van der Waals surface area contributed by atoms with Crippen LogP contribution in [0.4, 0.5) is 4.39 Å². The molecule has 0 aliphatic carbocycles. The molecule has 4 nitrogen and oxygen atoms in total. The number of carbonyl (C=O) groups is 1. The maximum absolute atomic E-state index is 13.4. The summed E-state index contributed by atoms with van der Waals surface area (Å²) in [6.07, 6.45) is 0. The van der Waals surface area contributed by atoms with Crippen molar-refractivity contribution >= 4 is 25.6 Å². The van der Waals surface area contributed by atoms with Crippen LogP contribution >= 0.6 is 10.7 Å². The first kappa shape index (κ1) is 16.9. The molecule has 1 rings (SSSR count). The highest BCUT2D eigenvalue weighted by Gasteiger charge is 2.23. The lowest BCUT2D eigenvalue weighted by Crippen LogP contribution is -2.41. The normalized spacial score (nSPS) is 13.9. The third-order valence-corrected chi connectivity index (χ3v) is 4.39. The van der Waals surface area contributed by atoms with E-state index in [4.69, 9.17) is 10.7 Å². The standard InChI is InChI=1S/C13H17ClFNO3S/c1-8(13(2,3)4)16-12(17)9-5-10(15)7-11(6-9)20(14,18)19/h5-8H,1-4H3,(H,16,17). The fraction of sp³-hybridized carbons (Fsp3) is 0.462. The minimum atomic E-state index is -4.09. The van der Waals surface area contributed by atoms with E-state index in [-0.39, 0.29) is 17.0 Å². The van der Waals surface area contributed by atoms with Crippen LogP contribution in [0, 0.1) is 11.2 Å². The van der Waals surface area contributed by atoms with Gasteiger partial charge in [-0.15, -0.1) is 0 Å². The second kappa shape index (κ2) is 5.69. The van der Waals surface area contributed by atoms with Crippen molar-refractivity contribution in [2.45, 2.75) is 38.6 Å². The van der Waals surface area contributed by atoms with Gasteiger partial charge in [0.05, 0.1) is 4.90 Å². The Morgan fingerprint density at radius 2 is 1.85 bits per heavy atom. The molecule has 112 valence electrons. The highest BCUT2D eigenvalue weighted by atomic mass is 35.7. The van der Waals surface area contributed by atoms with Crippen molar-refractivity contribution in [3.8, 4) is 0 Å². The van der Waals surface area contributed by atoms with Gasteiger partial charge in [0.25, 0.3) is 15.0 Å². The SMILES string of the molecule is CC(NC(=O)c1cc(F)cc(S(=O)(=O)Cl)c1)C(C)(C)C. The van der Waals surface area contributed by atoms with Crippen LogP contribution in [-0.4, -0.2) is 20.4 Å². The molecule has 0 saturated carbocycles. The molecule has 0 aliphatic heterocycles. The summed E-state index contributed by atoms with van der Waals surface area (Å²) in [5, 5.41) is 2.70. The van der Waals surface area contributed by atoms with Gasteiger partial charge in [-0.2, -0.15) is 0 Å². The number of rotatable bonds is 3. The fourth-order valence-corrected chi connectivity index (χ4v) is 2.12. The minimum Gasteiger partial charge on any atom is -0.349 e. The molecule has 0 heterocycles. The maximum atomic E-state index is 13.4. The molecule has 0 radical (unpaired) electrons. The quantitative estimate of drug-likeness (QED) is 0.871. The molecule has 0 saturated heterocycles. The Bertz CT molecular complexity index is 623. The molecule has 0 bridgehead atoms. The van der Waals surface area contributed by atoms with Gasteiger partial charge >= 0.3 is 0 Å². The van der Waals surface area contributed by atoms with Gasteiger partial charge in [-0.05, 0) is 30.5 Å². The molecule has 0 aliphatic rings. The lowest BCUT2D eigenvalue weighted by molar-refractivity contribution is 0.0909. The van der Waals surface area contributed by atoms with Crippen molar-refractivity contribution in [1.82, 2.24) is 5.32 Å². The van der Waals surface area contributed by atoms with Gasteiger partial charge in [-0.25, -0.2) is 12.8 Å². The Balaban J connectivity index is 3.09. The minimum absolute atomic E-state index is 0.0830. The van der Waals surface area contributed by atoms with Crippen LogP contribution in [0.3, 0.4) is 0 Å². The van der Waals surface area contributed by atoms with Gasteiger partial charge in [0.1, 0.15) is 5.82 Å². The summed E-state index contributed by atoms with van der Waals surface area (Å²) in [5.41, 5.74) is -0.259. The van der Waals surface area contributed by atoms with E-state index in [1.807, 2.05) is 27.7 Å². The van der Waals surface area contributed by atoms with Gasteiger partial charge < -0.3 is 5.32 Å². The molecule has 0 spiro atoms. The van der Waals surface area contributed by atoms with E-state index in [9.17, 15) is 17.6 Å². The summed E-state index contributed by atoms with van der Waals surface area (Å²) in [6, 6.07) is 2.62. The third-order valence-electron chi connectivity index (χ3n) is 3.06. The monoisotopic (exact) mass is 321 g/mol. The summed E-state index contributed by atoms with van der Waals surface area (Å²) < 4.78 is 35.8. The van der Waals surface area contributed by atoms with Crippen molar-refractivity contribution in [1.29, 1.82) is 0 Å². The molecule has 1 amide bonds. The Morgan fingerprint density at radius 3 is 2.30 bits per heavy atom. The molecule has 1 atom stereocenters. The first-order chi connectivity index (χ1) is 8.91. The van der Waals surface area contributed by atoms with Gasteiger partial charge in [0.15, 0.2) is 0 Å². The van der Waals surface area contributed by atoms with Crippen molar-refractivity contribution in [3.63, 3.8) is 0 Å². The van der Waals surface area contributed by atoms with E-state index < -0.39 is 25.7 Å². The van der Waals surface area contributed by atoms with E-state index in [2.05, 4.69) is 5.32 Å². The number of hydrogen-bond donors (Lipinski definition) is 1. The summed E-state index contributed by atoms with van der Waals surface area (Å²) in [4.78, 5) is 11.6. The molecular weight excluding hydrogens is 305 g/mol. The van der Waals surface area contributed by atoms with Crippen molar-refractivity contribution in [2.24, 2.45) is 5.41 Å². The second-order valence-corrected chi connectivity index (χ2v) is 8.24. The van der Waals surface area contributed by atoms with E-state index in [1.54, 1.807) is 0 Å². The molecular formula is C13H17ClFNO3S. The number of nitrogens with one attached hydrogen (secondary N) is 1. The van der Waals surface area contributed by atoms with E-state index in [0.29, 0.717) is 0 Å².